The van der Waals surface area contributed by atoms with Gasteiger partial charge in [-0.25, -0.2) is 0 Å². The highest BCUT2D eigenvalue weighted by Gasteiger charge is 2.37. The number of anilines is 1. The van der Waals surface area contributed by atoms with Gasteiger partial charge in [-0.3, -0.25) is 14.4 Å². The van der Waals surface area contributed by atoms with E-state index in [0.717, 1.165) is 12.8 Å². The van der Waals surface area contributed by atoms with Crippen LogP contribution in [0, 0.1) is 11.8 Å². The second-order valence-electron chi connectivity index (χ2n) is 8.70. The molecule has 2 aliphatic heterocycles. The molecular formula is C23H33N3O5. The van der Waals surface area contributed by atoms with E-state index in [0.29, 0.717) is 49.2 Å². The number of benzene rings is 1. The molecule has 0 radical (unpaired) electrons. The summed E-state index contributed by atoms with van der Waals surface area (Å²) in [6.07, 6.45) is 2.20. The SMILES string of the molecule is COc1ccc(OC)c(N2CC(C(=O)NC3CCN(C(=O)CC(C)C)CC3)CC2=O)c1. The first-order valence-corrected chi connectivity index (χ1v) is 10.9. The highest BCUT2D eigenvalue weighted by molar-refractivity contribution is 6.01. The zero-order valence-corrected chi connectivity index (χ0v) is 18.8. The van der Waals surface area contributed by atoms with E-state index < -0.39 is 5.92 Å². The summed E-state index contributed by atoms with van der Waals surface area (Å²) in [4.78, 5) is 41.2. The number of likely N-dealkylation sites (tertiary alicyclic amines) is 1. The summed E-state index contributed by atoms with van der Waals surface area (Å²) >= 11 is 0. The Morgan fingerprint density at radius 2 is 1.87 bits per heavy atom. The summed E-state index contributed by atoms with van der Waals surface area (Å²) < 4.78 is 10.7. The van der Waals surface area contributed by atoms with E-state index >= 15 is 0 Å². The molecule has 2 aliphatic rings. The number of ether oxygens (including phenoxy) is 2. The predicted octanol–water partition coefficient (Wildman–Crippen LogP) is 2.21. The van der Waals surface area contributed by atoms with E-state index in [4.69, 9.17) is 9.47 Å². The Bertz CT molecular complexity index is 817. The van der Waals surface area contributed by atoms with Gasteiger partial charge in [-0.1, -0.05) is 13.8 Å². The maximum Gasteiger partial charge on any atom is 0.227 e. The van der Waals surface area contributed by atoms with Crippen LogP contribution in [0.2, 0.25) is 0 Å². The molecule has 1 aromatic carbocycles. The van der Waals surface area contributed by atoms with Gasteiger partial charge in [0.05, 0.1) is 25.8 Å². The van der Waals surface area contributed by atoms with Gasteiger partial charge in [-0.15, -0.1) is 0 Å². The number of piperidine rings is 1. The van der Waals surface area contributed by atoms with Gasteiger partial charge in [0.2, 0.25) is 17.7 Å². The number of hydrogen-bond donors (Lipinski definition) is 1. The first-order valence-electron chi connectivity index (χ1n) is 10.9. The van der Waals surface area contributed by atoms with E-state index in [1.165, 1.54) is 0 Å². The van der Waals surface area contributed by atoms with E-state index in [1.54, 1.807) is 37.3 Å². The first kappa shape index (κ1) is 22.9. The van der Waals surface area contributed by atoms with Crippen LogP contribution in [-0.2, 0) is 14.4 Å². The summed E-state index contributed by atoms with van der Waals surface area (Å²) in [5.74, 6) is 1.08. The zero-order chi connectivity index (χ0) is 22.5. The Balaban J connectivity index is 1.56. The summed E-state index contributed by atoms with van der Waals surface area (Å²) in [5, 5.41) is 3.09. The Labute approximate surface area is 183 Å². The van der Waals surface area contributed by atoms with Gasteiger partial charge < -0.3 is 24.6 Å². The van der Waals surface area contributed by atoms with E-state index in [1.807, 2.05) is 18.7 Å². The third-order valence-electron chi connectivity index (χ3n) is 5.95. The molecule has 8 heteroatoms. The van der Waals surface area contributed by atoms with Crippen molar-refractivity contribution in [2.45, 2.75) is 45.6 Å². The molecule has 3 rings (SSSR count). The van der Waals surface area contributed by atoms with Crippen LogP contribution in [0.15, 0.2) is 18.2 Å². The lowest BCUT2D eigenvalue weighted by atomic mass is 10.0. The summed E-state index contributed by atoms with van der Waals surface area (Å²) in [6, 6.07) is 5.31. The fourth-order valence-electron chi connectivity index (χ4n) is 4.19. The summed E-state index contributed by atoms with van der Waals surface area (Å²) in [5.41, 5.74) is 0.610. The fraction of sp³-hybridized carbons (Fsp3) is 0.609. The Kier molecular flexibility index (Phi) is 7.41. The molecule has 3 amide bonds. The quantitative estimate of drug-likeness (QED) is 0.715. The minimum Gasteiger partial charge on any atom is -0.497 e. The number of methoxy groups -OCH3 is 2. The second-order valence-corrected chi connectivity index (χ2v) is 8.70. The van der Waals surface area contributed by atoms with Crippen LogP contribution in [0.5, 0.6) is 11.5 Å². The number of rotatable bonds is 7. The van der Waals surface area contributed by atoms with Crippen LogP contribution in [0.25, 0.3) is 0 Å². The molecule has 1 N–H and O–H groups in total. The molecular weight excluding hydrogens is 398 g/mol. The standard InChI is InChI=1S/C23H33N3O5/c1-15(2)11-21(27)25-9-7-17(8-10-25)24-23(29)16-12-22(28)26(14-16)19-13-18(30-3)5-6-20(19)31-4/h5-6,13,15-17H,7-12,14H2,1-4H3,(H,24,29). The van der Waals surface area contributed by atoms with E-state index in [-0.39, 0.29) is 30.2 Å². The number of carbonyl (C=O) groups is 3. The Morgan fingerprint density at radius 3 is 2.48 bits per heavy atom. The van der Waals surface area contributed by atoms with Crippen molar-refractivity contribution >= 4 is 23.4 Å². The van der Waals surface area contributed by atoms with E-state index in [2.05, 4.69) is 5.32 Å². The lowest BCUT2D eigenvalue weighted by Gasteiger charge is -2.33. The van der Waals surface area contributed by atoms with Gasteiger partial charge in [0.25, 0.3) is 0 Å². The number of nitrogens with one attached hydrogen (secondary N) is 1. The van der Waals surface area contributed by atoms with Crippen LogP contribution in [0.3, 0.4) is 0 Å². The largest absolute Gasteiger partial charge is 0.497 e. The first-order chi connectivity index (χ1) is 14.8. The average molecular weight is 432 g/mol. The number of nitrogens with zero attached hydrogens (tertiary/aromatic N) is 2. The normalized spacial score (nSPS) is 19.6. The monoisotopic (exact) mass is 431 g/mol. The molecule has 0 aromatic heterocycles. The van der Waals surface area contributed by atoms with Crippen LogP contribution in [0.1, 0.15) is 39.5 Å². The third kappa shape index (κ3) is 5.48. The summed E-state index contributed by atoms with van der Waals surface area (Å²) in [7, 11) is 3.11. The maximum absolute atomic E-state index is 12.8. The molecule has 170 valence electrons. The van der Waals surface area contributed by atoms with Crippen molar-refractivity contribution < 1.29 is 23.9 Å². The molecule has 1 unspecified atom stereocenters. The molecule has 31 heavy (non-hydrogen) atoms. The fourth-order valence-corrected chi connectivity index (χ4v) is 4.19. The van der Waals surface area contributed by atoms with Crippen LogP contribution in [-0.4, -0.2) is 62.5 Å². The summed E-state index contributed by atoms with van der Waals surface area (Å²) in [6.45, 7) is 5.71. The smallest absolute Gasteiger partial charge is 0.227 e. The lowest BCUT2D eigenvalue weighted by molar-refractivity contribution is -0.133. The minimum atomic E-state index is -0.413. The van der Waals surface area contributed by atoms with Crippen molar-refractivity contribution in [1.29, 1.82) is 0 Å². The van der Waals surface area contributed by atoms with Crippen LogP contribution < -0.4 is 19.7 Å². The molecule has 0 spiro atoms. The van der Waals surface area contributed by atoms with Gasteiger partial charge in [0.15, 0.2) is 0 Å². The molecule has 1 atom stereocenters. The molecule has 8 nitrogen and oxygen atoms in total. The van der Waals surface area contributed by atoms with Crippen molar-refractivity contribution in [3.05, 3.63) is 18.2 Å². The van der Waals surface area contributed by atoms with Gasteiger partial charge in [-0.05, 0) is 30.9 Å². The topological polar surface area (TPSA) is 88.2 Å². The minimum absolute atomic E-state index is 0.0334. The van der Waals surface area contributed by atoms with Crippen LogP contribution >= 0.6 is 0 Å². The molecule has 0 saturated carbocycles. The maximum atomic E-state index is 12.8. The Hall–Kier alpha value is -2.77. The van der Waals surface area contributed by atoms with Crippen molar-refractivity contribution in [2.24, 2.45) is 11.8 Å². The number of carbonyl (C=O) groups excluding carboxylic acids is 3. The third-order valence-corrected chi connectivity index (χ3v) is 5.95. The molecule has 0 aliphatic carbocycles. The van der Waals surface area contributed by atoms with Crippen molar-refractivity contribution in [1.82, 2.24) is 10.2 Å². The molecule has 1 aromatic rings. The van der Waals surface area contributed by atoms with Crippen molar-refractivity contribution in [3.63, 3.8) is 0 Å². The molecule has 2 saturated heterocycles. The van der Waals surface area contributed by atoms with Gasteiger partial charge in [0.1, 0.15) is 11.5 Å². The highest BCUT2D eigenvalue weighted by Crippen LogP contribution is 2.36. The Morgan fingerprint density at radius 1 is 1.16 bits per heavy atom. The van der Waals surface area contributed by atoms with Crippen LogP contribution in [0.4, 0.5) is 5.69 Å². The number of amides is 3. The van der Waals surface area contributed by atoms with Crippen molar-refractivity contribution in [3.8, 4) is 11.5 Å². The zero-order valence-electron chi connectivity index (χ0n) is 18.8. The second kappa shape index (κ2) is 10.0. The van der Waals surface area contributed by atoms with Gasteiger partial charge in [-0.2, -0.15) is 0 Å². The van der Waals surface area contributed by atoms with Crippen molar-refractivity contribution in [2.75, 3.05) is 38.8 Å². The van der Waals surface area contributed by atoms with E-state index in [9.17, 15) is 14.4 Å². The number of hydrogen-bond acceptors (Lipinski definition) is 5. The lowest BCUT2D eigenvalue weighted by Crippen LogP contribution is -2.48. The van der Waals surface area contributed by atoms with Gasteiger partial charge >= 0.3 is 0 Å². The van der Waals surface area contributed by atoms with Gasteiger partial charge in [0, 0.05) is 44.6 Å². The molecule has 2 fully saturated rings. The predicted molar refractivity (Wildman–Crippen MR) is 117 cm³/mol. The average Bonchev–Trinajstić information content (AvgIpc) is 3.14. The highest BCUT2D eigenvalue weighted by atomic mass is 16.5. The molecule has 2 heterocycles. The molecule has 0 bridgehead atoms.